The number of anilines is 2. The van der Waals surface area contributed by atoms with E-state index in [1.807, 2.05) is 36.4 Å². The van der Waals surface area contributed by atoms with Gasteiger partial charge < -0.3 is 9.47 Å². The number of benzene rings is 3. The van der Waals surface area contributed by atoms with Gasteiger partial charge in [0.25, 0.3) is 5.91 Å². The minimum Gasteiger partial charge on any atom is -0.493 e. The first-order valence-corrected chi connectivity index (χ1v) is 11.2. The number of methoxy groups -OCH3 is 1. The van der Waals surface area contributed by atoms with Crippen LogP contribution in [-0.2, 0) is 11.2 Å². The molecule has 0 unspecified atom stereocenters. The van der Waals surface area contributed by atoms with Crippen molar-refractivity contribution in [3.63, 3.8) is 0 Å². The fourth-order valence-electron chi connectivity index (χ4n) is 3.37. The number of carbonyl (C=O) groups excluding carboxylic acids is 1. The van der Waals surface area contributed by atoms with E-state index in [0.29, 0.717) is 34.3 Å². The topological polar surface area (TPSA) is 51.7 Å². The predicted octanol–water partition coefficient (Wildman–Crippen LogP) is 6.22. The Kier molecular flexibility index (Phi) is 6.70. The van der Waals surface area contributed by atoms with Crippen LogP contribution in [0.25, 0.3) is 10.2 Å². The summed E-state index contributed by atoms with van der Waals surface area (Å²) in [6.07, 6.45) is 2.50. The van der Waals surface area contributed by atoms with Gasteiger partial charge in [-0.3, -0.25) is 9.69 Å². The van der Waals surface area contributed by atoms with Gasteiger partial charge in [0.15, 0.2) is 23.2 Å². The van der Waals surface area contributed by atoms with Gasteiger partial charge in [0, 0.05) is 0 Å². The van der Waals surface area contributed by atoms with Crippen molar-refractivity contribution < 1.29 is 18.7 Å². The van der Waals surface area contributed by atoms with Crippen molar-refractivity contribution in [1.82, 2.24) is 4.98 Å². The molecule has 33 heavy (non-hydrogen) atoms. The average molecular weight is 463 g/mol. The molecule has 1 heterocycles. The first-order valence-electron chi connectivity index (χ1n) is 10.4. The molecule has 0 bridgehead atoms. The number of ether oxygens (including phenoxy) is 2. The van der Waals surface area contributed by atoms with Gasteiger partial charge in [-0.1, -0.05) is 41.7 Å². The Morgan fingerprint density at radius 1 is 1.15 bits per heavy atom. The molecule has 0 saturated carbocycles. The Labute approximate surface area is 195 Å². The van der Waals surface area contributed by atoms with Crippen molar-refractivity contribution in [2.24, 2.45) is 0 Å². The third-order valence-corrected chi connectivity index (χ3v) is 6.12. The van der Waals surface area contributed by atoms with E-state index >= 15 is 0 Å². The second-order valence-corrected chi connectivity index (χ2v) is 8.40. The molecule has 5 nitrogen and oxygen atoms in total. The zero-order valence-corrected chi connectivity index (χ0v) is 19.2. The Morgan fingerprint density at radius 2 is 1.97 bits per heavy atom. The van der Waals surface area contributed by atoms with Crippen LogP contribution < -0.4 is 14.4 Å². The molecule has 0 radical (unpaired) electrons. The highest BCUT2D eigenvalue weighted by molar-refractivity contribution is 7.22. The van der Waals surface area contributed by atoms with Gasteiger partial charge in [0.05, 0.1) is 23.0 Å². The highest BCUT2D eigenvalue weighted by Gasteiger charge is 2.23. The SMILES string of the molecule is C=CCc1ccc(OCC(=O)N(c2ccc(C)c(F)c2)c2nc3ccccc3s2)c(OC)c1. The van der Waals surface area contributed by atoms with Crippen molar-refractivity contribution in [3.8, 4) is 11.5 Å². The summed E-state index contributed by atoms with van der Waals surface area (Å²) < 4.78 is 26.5. The van der Waals surface area contributed by atoms with Crippen LogP contribution in [0, 0.1) is 12.7 Å². The summed E-state index contributed by atoms with van der Waals surface area (Å²) in [6.45, 7) is 5.14. The molecule has 1 amide bonds. The van der Waals surface area contributed by atoms with Gasteiger partial charge in [0.2, 0.25) is 0 Å². The van der Waals surface area contributed by atoms with E-state index in [2.05, 4.69) is 11.6 Å². The number of aryl methyl sites for hydroxylation is 1. The van der Waals surface area contributed by atoms with E-state index < -0.39 is 5.82 Å². The number of para-hydroxylation sites is 1. The van der Waals surface area contributed by atoms with E-state index in [1.54, 1.807) is 38.3 Å². The standard InChI is InChI=1S/C26H23FN2O3S/c1-4-7-18-11-13-22(23(14-18)31-3)32-16-25(30)29(19-12-10-17(2)20(27)15-19)26-28-21-8-5-6-9-24(21)33-26/h4-6,8-15H,1,7,16H2,2-3H3. The van der Waals surface area contributed by atoms with Crippen LogP contribution in [0.5, 0.6) is 11.5 Å². The highest BCUT2D eigenvalue weighted by Crippen LogP contribution is 2.35. The third-order valence-electron chi connectivity index (χ3n) is 5.10. The number of carbonyl (C=O) groups is 1. The number of allylic oxidation sites excluding steroid dienone is 1. The lowest BCUT2D eigenvalue weighted by Gasteiger charge is -2.21. The number of nitrogens with zero attached hydrogens (tertiary/aromatic N) is 2. The minimum atomic E-state index is -0.396. The van der Waals surface area contributed by atoms with Crippen molar-refractivity contribution in [3.05, 3.63) is 90.3 Å². The predicted molar refractivity (Wildman–Crippen MR) is 130 cm³/mol. The molecule has 0 aliphatic carbocycles. The summed E-state index contributed by atoms with van der Waals surface area (Å²) in [6, 6.07) is 17.8. The highest BCUT2D eigenvalue weighted by atomic mass is 32.1. The molecule has 1 aromatic heterocycles. The number of amides is 1. The van der Waals surface area contributed by atoms with Crippen molar-refractivity contribution in [2.75, 3.05) is 18.6 Å². The summed E-state index contributed by atoms with van der Waals surface area (Å²) in [5.41, 5.74) is 2.67. The fourth-order valence-corrected chi connectivity index (χ4v) is 4.37. The van der Waals surface area contributed by atoms with Gasteiger partial charge in [-0.15, -0.1) is 6.58 Å². The monoisotopic (exact) mass is 462 g/mol. The summed E-state index contributed by atoms with van der Waals surface area (Å²) in [5.74, 6) is 0.189. The molecule has 0 aliphatic heterocycles. The fraction of sp³-hybridized carbons (Fsp3) is 0.154. The van der Waals surface area contributed by atoms with Crippen LogP contribution in [0.2, 0.25) is 0 Å². The van der Waals surface area contributed by atoms with Gasteiger partial charge in [-0.25, -0.2) is 9.37 Å². The molecular formula is C26H23FN2O3S. The second-order valence-electron chi connectivity index (χ2n) is 7.39. The molecule has 0 spiro atoms. The number of thiazole rings is 1. The van der Waals surface area contributed by atoms with Crippen LogP contribution in [0.1, 0.15) is 11.1 Å². The molecule has 0 N–H and O–H groups in total. The zero-order chi connectivity index (χ0) is 23.4. The number of fused-ring (bicyclic) bond motifs is 1. The van der Waals surface area contributed by atoms with Crippen LogP contribution in [0.3, 0.4) is 0 Å². The van der Waals surface area contributed by atoms with Gasteiger partial charge in [-0.2, -0.15) is 0 Å². The molecule has 0 atom stereocenters. The molecule has 168 valence electrons. The minimum absolute atomic E-state index is 0.275. The lowest BCUT2D eigenvalue weighted by atomic mass is 10.1. The molecule has 7 heteroatoms. The molecule has 0 saturated heterocycles. The largest absolute Gasteiger partial charge is 0.493 e. The number of hydrogen-bond donors (Lipinski definition) is 0. The Hall–Kier alpha value is -3.71. The lowest BCUT2D eigenvalue weighted by molar-refractivity contribution is -0.119. The summed E-state index contributed by atoms with van der Waals surface area (Å²) in [5, 5.41) is 0.446. The molecule has 4 rings (SSSR count). The number of hydrogen-bond acceptors (Lipinski definition) is 5. The van der Waals surface area contributed by atoms with Crippen LogP contribution >= 0.6 is 11.3 Å². The Morgan fingerprint density at radius 3 is 2.70 bits per heavy atom. The van der Waals surface area contributed by atoms with Crippen molar-refractivity contribution in [2.45, 2.75) is 13.3 Å². The summed E-state index contributed by atoms with van der Waals surface area (Å²) >= 11 is 1.36. The van der Waals surface area contributed by atoms with Crippen LogP contribution in [0.4, 0.5) is 15.2 Å². The first-order chi connectivity index (χ1) is 16.0. The van der Waals surface area contributed by atoms with Crippen LogP contribution in [-0.4, -0.2) is 24.6 Å². The van der Waals surface area contributed by atoms with E-state index in [-0.39, 0.29) is 12.5 Å². The smallest absolute Gasteiger partial charge is 0.271 e. The van der Waals surface area contributed by atoms with Crippen molar-refractivity contribution in [1.29, 1.82) is 0 Å². The third kappa shape index (κ3) is 4.88. The maximum absolute atomic E-state index is 14.4. The molecule has 3 aromatic carbocycles. The molecule has 0 fully saturated rings. The molecule has 0 aliphatic rings. The van der Waals surface area contributed by atoms with Gasteiger partial charge in [0.1, 0.15) is 5.82 Å². The number of rotatable bonds is 8. The zero-order valence-electron chi connectivity index (χ0n) is 18.4. The summed E-state index contributed by atoms with van der Waals surface area (Å²) in [4.78, 5) is 19.3. The lowest BCUT2D eigenvalue weighted by Crippen LogP contribution is -2.31. The van der Waals surface area contributed by atoms with E-state index in [9.17, 15) is 9.18 Å². The average Bonchev–Trinajstić information content (AvgIpc) is 3.24. The first kappa shape index (κ1) is 22.5. The normalized spacial score (nSPS) is 10.8. The molecular weight excluding hydrogens is 439 g/mol. The number of aromatic nitrogens is 1. The molecule has 4 aromatic rings. The number of halogens is 1. The Bertz CT molecular complexity index is 1290. The second kappa shape index (κ2) is 9.83. The van der Waals surface area contributed by atoms with Gasteiger partial charge in [-0.05, 0) is 60.9 Å². The Balaban J connectivity index is 1.65. The van der Waals surface area contributed by atoms with Gasteiger partial charge >= 0.3 is 0 Å². The maximum Gasteiger partial charge on any atom is 0.271 e. The van der Waals surface area contributed by atoms with E-state index in [0.717, 1.165) is 15.8 Å². The summed E-state index contributed by atoms with van der Waals surface area (Å²) in [7, 11) is 1.55. The van der Waals surface area contributed by atoms with Crippen molar-refractivity contribution >= 4 is 38.3 Å². The van der Waals surface area contributed by atoms with E-state index in [1.165, 1.54) is 22.3 Å². The quantitative estimate of drug-likeness (QED) is 0.292. The maximum atomic E-state index is 14.4. The van der Waals surface area contributed by atoms with E-state index in [4.69, 9.17) is 9.47 Å². The van der Waals surface area contributed by atoms with Crippen LogP contribution in [0.15, 0.2) is 73.3 Å².